The molecule has 108 valence electrons. The van der Waals surface area contributed by atoms with Crippen LogP contribution in [0.1, 0.15) is 24.8 Å². The molecule has 1 heterocycles. The average Bonchev–Trinajstić information content (AvgIpc) is 2.47. The predicted octanol–water partition coefficient (Wildman–Crippen LogP) is 1.48. The largest absolute Gasteiger partial charge is 0.497 e. The third-order valence-corrected chi connectivity index (χ3v) is 3.50. The zero-order valence-corrected chi connectivity index (χ0v) is 11.7. The standard InChI is InChI=1S/C15H19NO4/c1-3-20-15(18)13-12(7-8-16-14(13)17)10-5-4-6-11(9-10)19-2/h4-6,9,12-13H,3,7-8H2,1-2H3,(H,16,17). The topological polar surface area (TPSA) is 64.6 Å². The van der Waals surface area contributed by atoms with Gasteiger partial charge in [-0.2, -0.15) is 0 Å². The molecule has 0 aromatic heterocycles. The molecule has 2 unspecified atom stereocenters. The number of piperidine rings is 1. The first kappa shape index (κ1) is 14.4. The van der Waals surface area contributed by atoms with Gasteiger partial charge in [0.25, 0.3) is 0 Å². The maximum Gasteiger partial charge on any atom is 0.319 e. The SMILES string of the molecule is CCOC(=O)C1C(=O)NCCC1c1cccc(OC)c1. The minimum absolute atomic E-state index is 0.169. The van der Waals surface area contributed by atoms with Crippen molar-refractivity contribution < 1.29 is 19.1 Å². The van der Waals surface area contributed by atoms with Crippen molar-refractivity contribution in [1.29, 1.82) is 0 Å². The lowest BCUT2D eigenvalue weighted by Crippen LogP contribution is -2.45. The van der Waals surface area contributed by atoms with E-state index in [4.69, 9.17) is 9.47 Å². The first-order valence-electron chi connectivity index (χ1n) is 6.75. The van der Waals surface area contributed by atoms with Crippen molar-refractivity contribution in [2.45, 2.75) is 19.3 Å². The summed E-state index contributed by atoms with van der Waals surface area (Å²) in [7, 11) is 1.59. The maximum atomic E-state index is 12.0. The Balaban J connectivity index is 2.30. The van der Waals surface area contributed by atoms with Crippen LogP contribution in [-0.4, -0.2) is 32.1 Å². The van der Waals surface area contributed by atoms with Gasteiger partial charge < -0.3 is 14.8 Å². The fraction of sp³-hybridized carbons (Fsp3) is 0.467. The van der Waals surface area contributed by atoms with Crippen LogP contribution in [0.15, 0.2) is 24.3 Å². The minimum Gasteiger partial charge on any atom is -0.497 e. The van der Waals surface area contributed by atoms with Crippen LogP contribution in [-0.2, 0) is 14.3 Å². The number of ether oxygens (including phenoxy) is 2. The molecule has 0 spiro atoms. The third-order valence-electron chi connectivity index (χ3n) is 3.50. The van der Waals surface area contributed by atoms with Crippen LogP contribution >= 0.6 is 0 Å². The second-order valence-electron chi connectivity index (χ2n) is 4.69. The van der Waals surface area contributed by atoms with Gasteiger partial charge in [-0.3, -0.25) is 9.59 Å². The summed E-state index contributed by atoms with van der Waals surface area (Å²) in [5, 5.41) is 2.73. The lowest BCUT2D eigenvalue weighted by Gasteiger charge is -2.29. The quantitative estimate of drug-likeness (QED) is 0.669. The minimum atomic E-state index is -0.782. The summed E-state index contributed by atoms with van der Waals surface area (Å²) in [6, 6.07) is 7.49. The van der Waals surface area contributed by atoms with Crippen LogP contribution in [0.4, 0.5) is 0 Å². The van der Waals surface area contributed by atoms with Crippen molar-refractivity contribution >= 4 is 11.9 Å². The van der Waals surface area contributed by atoms with Gasteiger partial charge in [-0.15, -0.1) is 0 Å². The Morgan fingerprint density at radius 1 is 1.45 bits per heavy atom. The molecule has 0 saturated carbocycles. The van der Waals surface area contributed by atoms with Crippen molar-refractivity contribution in [2.75, 3.05) is 20.3 Å². The van der Waals surface area contributed by atoms with Gasteiger partial charge in [0.2, 0.25) is 5.91 Å². The summed E-state index contributed by atoms with van der Waals surface area (Å²) in [5.74, 6) is -0.954. The Hall–Kier alpha value is -2.04. The average molecular weight is 277 g/mol. The summed E-state index contributed by atoms with van der Waals surface area (Å²) in [6.07, 6.45) is 0.711. The summed E-state index contributed by atoms with van der Waals surface area (Å²) in [4.78, 5) is 24.0. The van der Waals surface area contributed by atoms with Gasteiger partial charge in [-0.05, 0) is 31.0 Å². The van der Waals surface area contributed by atoms with E-state index in [2.05, 4.69) is 5.32 Å². The van der Waals surface area contributed by atoms with Crippen molar-refractivity contribution in [3.8, 4) is 5.75 Å². The van der Waals surface area contributed by atoms with Gasteiger partial charge in [-0.1, -0.05) is 12.1 Å². The van der Waals surface area contributed by atoms with Gasteiger partial charge >= 0.3 is 5.97 Å². The Labute approximate surface area is 118 Å². The van der Waals surface area contributed by atoms with Crippen molar-refractivity contribution in [3.05, 3.63) is 29.8 Å². The van der Waals surface area contributed by atoms with Gasteiger partial charge in [0.05, 0.1) is 13.7 Å². The number of nitrogens with one attached hydrogen (secondary N) is 1. The fourth-order valence-corrected chi connectivity index (χ4v) is 2.54. The number of carbonyl (C=O) groups is 2. The number of rotatable bonds is 4. The lowest BCUT2D eigenvalue weighted by atomic mass is 9.80. The van der Waals surface area contributed by atoms with E-state index >= 15 is 0 Å². The lowest BCUT2D eigenvalue weighted by molar-refractivity contribution is -0.154. The molecular formula is C15H19NO4. The second kappa shape index (κ2) is 6.41. The first-order chi connectivity index (χ1) is 9.67. The molecular weight excluding hydrogens is 258 g/mol. The van der Waals surface area contributed by atoms with Crippen LogP contribution in [0, 0.1) is 5.92 Å². The molecule has 1 aromatic carbocycles. The molecule has 1 amide bonds. The van der Waals surface area contributed by atoms with Crippen molar-refractivity contribution in [3.63, 3.8) is 0 Å². The Morgan fingerprint density at radius 3 is 2.95 bits per heavy atom. The van der Waals surface area contributed by atoms with Crippen LogP contribution in [0.2, 0.25) is 0 Å². The van der Waals surface area contributed by atoms with E-state index < -0.39 is 11.9 Å². The zero-order valence-electron chi connectivity index (χ0n) is 11.7. The highest BCUT2D eigenvalue weighted by atomic mass is 16.5. The normalized spacial score (nSPS) is 22.0. The number of benzene rings is 1. The van der Waals surface area contributed by atoms with E-state index in [-0.39, 0.29) is 18.4 Å². The maximum absolute atomic E-state index is 12.0. The summed E-state index contributed by atoms with van der Waals surface area (Å²) < 4.78 is 10.2. The van der Waals surface area contributed by atoms with Crippen LogP contribution in [0.5, 0.6) is 5.75 Å². The van der Waals surface area contributed by atoms with Crippen molar-refractivity contribution in [2.24, 2.45) is 5.92 Å². The Morgan fingerprint density at radius 2 is 2.25 bits per heavy atom. The molecule has 5 heteroatoms. The van der Waals surface area contributed by atoms with Gasteiger partial charge in [-0.25, -0.2) is 0 Å². The van der Waals surface area contributed by atoms with Crippen LogP contribution in [0.25, 0.3) is 0 Å². The highest BCUT2D eigenvalue weighted by Gasteiger charge is 2.39. The molecule has 1 aliphatic rings. The Bertz CT molecular complexity index is 500. The molecule has 2 rings (SSSR count). The van der Waals surface area contributed by atoms with Crippen LogP contribution < -0.4 is 10.1 Å². The van der Waals surface area contributed by atoms with Gasteiger partial charge in [0, 0.05) is 12.5 Å². The molecule has 20 heavy (non-hydrogen) atoms. The number of methoxy groups -OCH3 is 1. The molecule has 1 aromatic rings. The molecule has 1 N–H and O–H groups in total. The summed E-state index contributed by atoms with van der Waals surface area (Å²) in [6.45, 7) is 2.57. The van der Waals surface area contributed by atoms with Gasteiger partial charge in [0.1, 0.15) is 11.7 Å². The van der Waals surface area contributed by atoms with E-state index in [1.54, 1.807) is 14.0 Å². The molecule has 0 radical (unpaired) electrons. The predicted molar refractivity (Wildman–Crippen MR) is 73.5 cm³/mol. The number of hydrogen-bond donors (Lipinski definition) is 1. The summed E-state index contributed by atoms with van der Waals surface area (Å²) in [5.41, 5.74) is 0.928. The molecule has 5 nitrogen and oxygen atoms in total. The van der Waals surface area contributed by atoms with E-state index in [1.165, 1.54) is 0 Å². The summed E-state index contributed by atoms with van der Waals surface area (Å²) >= 11 is 0. The first-order valence-corrected chi connectivity index (χ1v) is 6.75. The molecule has 1 fully saturated rings. The van der Waals surface area contributed by atoms with E-state index in [9.17, 15) is 9.59 Å². The molecule has 1 saturated heterocycles. The fourth-order valence-electron chi connectivity index (χ4n) is 2.54. The number of hydrogen-bond acceptors (Lipinski definition) is 4. The van der Waals surface area contributed by atoms with Crippen LogP contribution in [0.3, 0.4) is 0 Å². The molecule has 2 atom stereocenters. The monoisotopic (exact) mass is 277 g/mol. The molecule has 1 aliphatic heterocycles. The molecule has 0 aliphatic carbocycles. The highest BCUT2D eigenvalue weighted by molar-refractivity contribution is 5.99. The second-order valence-corrected chi connectivity index (χ2v) is 4.69. The number of esters is 1. The molecule has 0 bridgehead atoms. The Kier molecular flexibility index (Phi) is 4.61. The third kappa shape index (κ3) is 2.92. The highest BCUT2D eigenvalue weighted by Crippen LogP contribution is 2.33. The zero-order chi connectivity index (χ0) is 14.5. The van der Waals surface area contributed by atoms with E-state index in [0.29, 0.717) is 13.0 Å². The van der Waals surface area contributed by atoms with Gasteiger partial charge in [0.15, 0.2) is 0 Å². The number of amides is 1. The van der Waals surface area contributed by atoms with E-state index in [0.717, 1.165) is 11.3 Å². The smallest absolute Gasteiger partial charge is 0.319 e. The van der Waals surface area contributed by atoms with E-state index in [1.807, 2.05) is 24.3 Å². The number of carbonyl (C=O) groups excluding carboxylic acids is 2. The van der Waals surface area contributed by atoms with Crippen molar-refractivity contribution in [1.82, 2.24) is 5.32 Å².